The fourth-order valence-corrected chi connectivity index (χ4v) is 1.52. The number of ether oxygens (including phenoxy) is 1. The molecule has 0 unspecified atom stereocenters. The molecule has 2 heterocycles. The fraction of sp³-hybridized carbons (Fsp3) is 0.364. The Hall–Kier alpha value is -1.71. The third-order valence-corrected chi connectivity index (χ3v) is 2.28. The predicted octanol–water partition coefficient (Wildman–Crippen LogP) is 2.16. The van der Waals surface area contributed by atoms with E-state index in [-0.39, 0.29) is 0 Å². The minimum atomic E-state index is 0.366. The summed E-state index contributed by atoms with van der Waals surface area (Å²) >= 11 is 0. The molecule has 0 bridgehead atoms. The van der Waals surface area contributed by atoms with Gasteiger partial charge in [0.05, 0.1) is 18.3 Å². The lowest BCUT2D eigenvalue weighted by molar-refractivity contribution is 0.398. The zero-order valence-electron chi connectivity index (χ0n) is 9.06. The van der Waals surface area contributed by atoms with Gasteiger partial charge in [-0.2, -0.15) is 0 Å². The van der Waals surface area contributed by atoms with E-state index in [1.54, 1.807) is 19.6 Å². The molecule has 0 saturated heterocycles. The quantitative estimate of drug-likeness (QED) is 0.750. The van der Waals surface area contributed by atoms with Crippen LogP contribution in [-0.2, 0) is 0 Å². The van der Waals surface area contributed by atoms with Crippen molar-refractivity contribution in [3.05, 3.63) is 24.3 Å². The number of fused-ring (bicyclic) bond motifs is 1. The molecule has 0 aliphatic rings. The van der Waals surface area contributed by atoms with Gasteiger partial charge in [-0.05, 0) is 5.92 Å². The Kier molecular flexibility index (Phi) is 2.49. The van der Waals surface area contributed by atoms with Gasteiger partial charge in [0, 0.05) is 17.6 Å². The molecule has 4 nitrogen and oxygen atoms in total. The Morgan fingerprint density at radius 1 is 1.20 bits per heavy atom. The highest BCUT2D eigenvalue weighted by atomic mass is 16.5. The van der Waals surface area contributed by atoms with Gasteiger partial charge in [0.2, 0.25) is 5.88 Å². The highest BCUT2D eigenvalue weighted by Gasteiger charge is 2.08. The second-order valence-corrected chi connectivity index (χ2v) is 3.66. The van der Waals surface area contributed by atoms with Crippen LogP contribution in [0.25, 0.3) is 10.9 Å². The molecular weight excluding hydrogens is 190 g/mol. The van der Waals surface area contributed by atoms with Crippen LogP contribution in [0, 0.1) is 0 Å². The molecule has 78 valence electrons. The number of hydrogen-bond donors (Lipinski definition) is 0. The molecule has 0 aromatic carbocycles. The van der Waals surface area contributed by atoms with Crippen LogP contribution >= 0.6 is 0 Å². The number of methoxy groups -OCH3 is 1. The fourth-order valence-electron chi connectivity index (χ4n) is 1.52. The largest absolute Gasteiger partial charge is 0.481 e. The molecule has 0 aliphatic heterocycles. The van der Waals surface area contributed by atoms with Crippen LogP contribution in [-0.4, -0.2) is 22.1 Å². The molecule has 2 aromatic heterocycles. The summed E-state index contributed by atoms with van der Waals surface area (Å²) in [7, 11) is 1.60. The molecule has 0 atom stereocenters. The van der Waals surface area contributed by atoms with Crippen LogP contribution in [0.15, 0.2) is 18.6 Å². The zero-order chi connectivity index (χ0) is 10.8. The van der Waals surface area contributed by atoms with Gasteiger partial charge in [-0.25, -0.2) is 15.0 Å². The topological polar surface area (TPSA) is 47.9 Å². The van der Waals surface area contributed by atoms with E-state index in [1.165, 1.54) is 0 Å². The van der Waals surface area contributed by atoms with E-state index in [2.05, 4.69) is 28.8 Å². The lowest BCUT2D eigenvalue weighted by Gasteiger charge is -2.07. The van der Waals surface area contributed by atoms with Crippen LogP contribution in [0.4, 0.5) is 0 Å². The molecule has 0 fully saturated rings. The number of hydrogen-bond acceptors (Lipinski definition) is 4. The molecule has 0 spiro atoms. The summed E-state index contributed by atoms with van der Waals surface area (Å²) in [5, 5.41) is 0.994. The first kappa shape index (κ1) is 9.83. The Bertz CT molecular complexity index is 482. The first-order chi connectivity index (χ1) is 7.22. The lowest BCUT2D eigenvalue weighted by Crippen LogP contribution is -1.97. The van der Waals surface area contributed by atoms with E-state index in [4.69, 9.17) is 4.74 Å². The smallest absolute Gasteiger partial charge is 0.215 e. The monoisotopic (exact) mass is 203 g/mol. The summed E-state index contributed by atoms with van der Waals surface area (Å²) in [5.74, 6) is 0.946. The van der Waals surface area contributed by atoms with Crippen molar-refractivity contribution >= 4 is 10.9 Å². The first-order valence-electron chi connectivity index (χ1n) is 4.87. The van der Waals surface area contributed by atoms with Crippen molar-refractivity contribution < 1.29 is 4.74 Å². The molecule has 0 amide bonds. The molecule has 0 saturated carbocycles. The van der Waals surface area contributed by atoms with Gasteiger partial charge in [0.1, 0.15) is 6.33 Å². The second-order valence-electron chi connectivity index (χ2n) is 3.66. The Labute approximate surface area is 88.3 Å². The molecule has 0 radical (unpaired) electrons. The summed E-state index contributed by atoms with van der Waals surface area (Å²) in [6.45, 7) is 4.21. The number of nitrogens with zero attached hydrogens (tertiary/aromatic N) is 3. The number of aromatic nitrogens is 3. The lowest BCUT2D eigenvalue weighted by atomic mass is 10.1. The van der Waals surface area contributed by atoms with Crippen molar-refractivity contribution in [2.75, 3.05) is 7.11 Å². The van der Waals surface area contributed by atoms with E-state index < -0.39 is 0 Å². The average molecular weight is 203 g/mol. The minimum Gasteiger partial charge on any atom is -0.481 e. The zero-order valence-corrected chi connectivity index (χ0v) is 9.06. The van der Waals surface area contributed by atoms with Gasteiger partial charge in [-0.3, -0.25) is 0 Å². The van der Waals surface area contributed by atoms with Crippen molar-refractivity contribution in [1.82, 2.24) is 15.0 Å². The van der Waals surface area contributed by atoms with E-state index in [1.807, 2.05) is 6.07 Å². The van der Waals surface area contributed by atoms with E-state index >= 15 is 0 Å². The summed E-state index contributed by atoms with van der Waals surface area (Å²) < 4.78 is 5.05. The molecule has 0 aliphatic carbocycles. The Morgan fingerprint density at radius 2 is 2.00 bits per heavy atom. The number of pyridine rings is 1. The third-order valence-electron chi connectivity index (χ3n) is 2.28. The maximum absolute atomic E-state index is 5.05. The van der Waals surface area contributed by atoms with Crippen molar-refractivity contribution in [2.24, 2.45) is 0 Å². The summed E-state index contributed by atoms with van der Waals surface area (Å²) in [5.41, 5.74) is 1.90. The van der Waals surface area contributed by atoms with Crippen LogP contribution in [0.5, 0.6) is 5.88 Å². The van der Waals surface area contributed by atoms with Gasteiger partial charge >= 0.3 is 0 Å². The van der Waals surface area contributed by atoms with Crippen molar-refractivity contribution in [1.29, 1.82) is 0 Å². The normalized spacial score (nSPS) is 10.9. The first-order valence-corrected chi connectivity index (χ1v) is 4.87. The Balaban J connectivity index is 2.67. The average Bonchev–Trinajstić information content (AvgIpc) is 2.27. The second kappa shape index (κ2) is 3.81. The van der Waals surface area contributed by atoms with Gasteiger partial charge in [0.15, 0.2) is 0 Å². The molecule has 2 aromatic rings. The highest BCUT2D eigenvalue weighted by molar-refractivity contribution is 5.80. The molecule has 0 N–H and O–H groups in total. The van der Waals surface area contributed by atoms with Gasteiger partial charge in [0.25, 0.3) is 0 Å². The van der Waals surface area contributed by atoms with Crippen molar-refractivity contribution in [3.8, 4) is 5.88 Å². The maximum atomic E-state index is 5.05. The van der Waals surface area contributed by atoms with Crippen LogP contribution in [0.3, 0.4) is 0 Å². The van der Waals surface area contributed by atoms with E-state index in [0.29, 0.717) is 11.8 Å². The molecule has 4 heteroatoms. The highest BCUT2D eigenvalue weighted by Crippen LogP contribution is 2.22. The van der Waals surface area contributed by atoms with E-state index in [0.717, 1.165) is 16.6 Å². The van der Waals surface area contributed by atoms with Crippen LogP contribution in [0.2, 0.25) is 0 Å². The Morgan fingerprint density at radius 3 is 2.67 bits per heavy atom. The van der Waals surface area contributed by atoms with Crippen molar-refractivity contribution in [2.45, 2.75) is 19.8 Å². The SMILES string of the molecule is COc1cc2ncnc(C(C)C)c2cn1. The molecule has 15 heavy (non-hydrogen) atoms. The maximum Gasteiger partial charge on any atom is 0.215 e. The van der Waals surface area contributed by atoms with Gasteiger partial charge in [-0.1, -0.05) is 13.8 Å². The summed E-state index contributed by atoms with van der Waals surface area (Å²) in [6, 6.07) is 1.82. The van der Waals surface area contributed by atoms with Crippen LogP contribution < -0.4 is 4.74 Å². The summed E-state index contributed by atoms with van der Waals surface area (Å²) in [4.78, 5) is 12.6. The predicted molar refractivity (Wildman–Crippen MR) is 58.0 cm³/mol. The van der Waals surface area contributed by atoms with Gasteiger partial charge in [-0.15, -0.1) is 0 Å². The third kappa shape index (κ3) is 1.75. The van der Waals surface area contributed by atoms with Gasteiger partial charge < -0.3 is 4.74 Å². The van der Waals surface area contributed by atoms with Crippen molar-refractivity contribution in [3.63, 3.8) is 0 Å². The standard InChI is InChI=1S/C11H13N3O/c1-7(2)11-8-5-12-10(15-3)4-9(8)13-6-14-11/h4-7H,1-3H3. The summed E-state index contributed by atoms with van der Waals surface area (Å²) in [6.07, 6.45) is 3.35. The molecule has 2 rings (SSSR count). The molecular formula is C11H13N3O. The minimum absolute atomic E-state index is 0.366. The van der Waals surface area contributed by atoms with E-state index in [9.17, 15) is 0 Å². The number of rotatable bonds is 2. The van der Waals surface area contributed by atoms with Crippen LogP contribution in [0.1, 0.15) is 25.5 Å².